The molecular formula is C14H16N2O3. The Bertz CT molecular complexity index is 578. The van der Waals surface area contributed by atoms with Crippen LogP contribution in [0.1, 0.15) is 23.0 Å². The van der Waals surface area contributed by atoms with E-state index in [-0.39, 0.29) is 11.7 Å². The molecule has 0 N–H and O–H groups in total. The van der Waals surface area contributed by atoms with Gasteiger partial charge in [0.25, 0.3) is 11.8 Å². The lowest BCUT2D eigenvalue weighted by Gasteiger charge is -2.19. The quantitative estimate of drug-likeness (QED) is 0.848. The van der Waals surface area contributed by atoms with Crippen LogP contribution in [0.2, 0.25) is 0 Å². The van der Waals surface area contributed by atoms with Crippen LogP contribution in [-0.4, -0.2) is 24.7 Å². The summed E-state index contributed by atoms with van der Waals surface area (Å²) in [6, 6.07) is 9.23. The molecule has 0 saturated carbocycles. The molecule has 5 nitrogen and oxygen atoms in total. The van der Waals surface area contributed by atoms with E-state index in [1.807, 2.05) is 38.1 Å². The number of amides is 1. The molecule has 2 rings (SSSR count). The van der Waals surface area contributed by atoms with Crippen molar-refractivity contribution in [2.75, 3.05) is 18.6 Å². The number of anilines is 1. The molecular weight excluding hydrogens is 244 g/mol. The second-order valence-electron chi connectivity index (χ2n) is 4.12. The molecule has 0 fully saturated rings. The third-order valence-corrected chi connectivity index (χ3v) is 2.78. The maximum atomic E-state index is 12.4. The average Bonchev–Trinajstić information content (AvgIpc) is 2.88. The van der Waals surface area contributed by atoms with E-state index in [0.29, 0.717) is 12.4 Å². The smallest absolute Gasteiger partial charge is 0.297 e. The van der Waals surface area contributed by atoms with Gasteiger partial charge in [-0.05, 0) is 36.7 Å². The molecule has 1 amide bonds. The lowest BCUT2D eigenvalue weighted by atomic mass is 10.2. The highest BCUT2D eigenvalue weighted by molar-refractivity contribution is 6.04. The zero-order valence-electron chi connectivity index (χ0n) is 11.2. The molecule has 19 heavy (non-hydrogen) atoms. The third kappa shape index (κ3) is 2.76. The van der Waals surface area contributed by atoms with Crippen molar-refractivity contribution in [3.8, 4) is 5.88 Å². The first-order chi connectivity index (χ1) is 9.15. The highest BCUT2D eigenvalue weighted by atomic mass is 16.5. The molecule has 1 aromatic heterocycles. The van der Waals surface area contributed by atoms with Crippen molar-refractivity contribution in [3.63, 3.8) is 0 Å². The number of aryl methyl sites for hydroxylation is 1. The maximum Gasteiger partial charge on any atom is 0.297 e. The van der Waals surface area contributed by atoms with Crippen molar-refractivity contribution in [2.45, 2.75) is 13.8 Å². The van der Waals surface area contributed by atoms with Gasteiger partial charge in [-0.1, -0.05) is 12.1 Å². The SMILES string of the molecule is CCN(C(=O)c1cc(OC)no1)c1cccc(C)c1. The van der Waals surface area contributed by atoms with Crippen LogP contribution >= 0.6 is 0 Å². The fraction of sp³-hybridized carbons (Fsp3) is 0.286. The molecule has 1 heterocycles. The zero-order valence-corrected chi connectivity index (χ0v) is 11.2. The number of carbonyl (C=O) groups is 1. The Morgan fingerprint density at radius 2 is 2.21 bits per heavy atom. The first-order valence-corrected chi connectivity index (χ1v) is 6.05. The average molecular weight is 260 g/mol. The summed E-state index contributed by atoms with van der Waals surface area (Å²) >= 11 is 0. The predicted octanol–water partition coefficient (Wildman–Crippen LogP) is 2.66. The molecule has 0 unspecified atom stereocenters. The first kappa shape index (κ1) is 13.1. The molecule has 0 aliphatic carbocycles. The minimum atomic E-state index is -0.232. The minimum Gasteiger partial charge on any atom is -0.479 e. The normalized spacial score (nSPS) is 10.3. The number of carbonyl (C=O) groups excluding carboxylic acids is 1. The largest absolute Gasteiger partial charge is 0.479 e. The van der Waals surface area contributed by atoms with E-state index < -0.39 is 0 Å². The highest BCUT2D eigenvalue weighted by Gasteiger charge is 2.21. The van der Waals surface area contributed by atoms with Crippen molar-refractivity contribution in [1.82, 2.24) is 5.16 Å². The molecule has 5 heteroatoms. The van der Waals surface area contributed by atoms with Gasteiger partial charge in [0.05, 0.1) is 13.2 Å². The van der Waals surface area contributed by atoms with Crippen molar-refractivity contribution in [3.05, 3.63) is 41.7 Å². The van der Waals surface area contributed by atoms with Crippen molar-refractivity contribution in [1.29, 1.82) is 0 Å². The molecule has 1 aromatic carbocycles. The summed E-state index contributed by atoms with van der Waals surface area (Å²) in [6.07, 6.45) is 0. The Kier molecular flexibility index (Phi) is 3.85. The molecule has 0 spiro atoms. The van der Waals surface area contributed by atoms with Crippen LogP contribution in [0.25, 0.3) is 0 Å². The van der Waals surface area contributed by atoms with Gasteiger partial charge in [-0.2, -0.15) is 0 Å². The number of benzene rings is 1. The van der Waals surface area contributed by atoms with Gasteiger partial charge in [0.15, 0.2) is 0 Å². The summed E-state index contributed by atoms with van der Waals surface area (Å²) in [5, 5.41) is 3.64. The molecule has 0 aliphatic rings. The van der Waals surface area contributed by atoms with Crippen molar-refractivity contribution < 1.29 is 14.1 Å². The minimum absolute atomic E-state index is 0.167. The summed E-state index contributed by atoms with van der Waals surface area (Å²) in [5.41, 5.74) is 1.93. The number of ether oxygens (including phenoxy) is 1. The molecule has 0 radical (unpaired) electrons. The van der Waals surface area contributed by atoms with E-state index in [0.717, 1.165) is 11.3 Å². The Morgan fingerprint density at radius 1 is 1.42 bits per heavy atom. The molecule has 0 atom stereocenters. The summed E-state index contributed by atoms with van der Waals surface area (Å²) in [4.78, 5) is 14.0. The van der Waals surface area contributed by atoms with Crippen molar-refractivity contribution >= 4 is 11.6 Å². The third-order valence-electron chi connectivity index (χ3n) is 2.78. The van der Waals surface area contributed by atoms with E-state index in [9.17, 15) is 4.79 Å². The van der Waals surface area contributed by atoms with E-state index >= 15 is 0 Å². The van der Waals surface area contributed by atoms with Gasteiger partial charge in [0.2, 0.25) is 5.76 Å². The van der Waals surface area contributed by atoms with E-state index in [1.54, 1.807) is 4.90 Å². The van der Waals surface area contributed by atoms with Crippen LogP contribution in [0.15, 0.2) is 34.9 Å². The number of aromatic nitrogens is 1. The first-order valence-electron chi connectivity index (χ1n) is 6.05. The summed E-state index contributed by atoms with van der Waals surface area (Å²) < 4.78 is 9.89. The highest BCUT2D eigenvalue weighted by Crippen LogP contribution is 2.20. The van der Waals surface area contributed by atoms with Crippen LogP contribution in [0.5, 0.6) is 5.88 Å². The van der Waals surface area contributed by atoms with E-state index in [2.05, 4.69) is 5.16 Å². The second kappa shape index (κ2) is 5.56. The van der Waals surface area contributed by atoms with Gasteiger partial charge >= 0.3 is 0 Å². The van der Waals surface area contributed by atoms with E-state index in [1.165, 1.54) is 13.2 Å². The fourth-order valence-corrected chi connectivity index (χ4v) is 1.83. The molecule has 0 saturated heterocycles. The second-order valence-corrected chi connectivity index (χ2v) is 4.12. The maximum absolute atomic E-state index is 12.4. The van der Waals surface area contributed by atoms with Gasteiger partial charge < -0.3 is 14.2 Å². The molecule has 0 aliphatic heterocycles. The monoisotopic (exact) mass is 260 g/mol. The number of hydrogen-bond acceptors (Lipinski definition) is 4. The van der Waals surface area contributed by atoms with Gasteiger partial charge in [-0.15, -0.1) is 0 Å². The van der Waals surface area contributed by atoms with Crippen LogP contribution in [0, 0.1) is 6.92 Å². The fourth-order valence-electron chi connectivity index (χ4n) is 1.83. The Balaban J connectivity index is 2.29. The summed E-state index contributed by atoms with van der Waals surface area (Å²) in [7, 11) is 1.48. The predicted molar refractivity (Wildman–Crippen MR) is 71.6 cm³/mol. The van der Waals surface area contributed by atoms with Crippen LogP contribution in [0.4, 0.5) is 5.69 Å². The van der Waals surface area contributed by atoms with Gasteiger partial charge in [-0.25, -0.2) is 0 Å². The number of hydrogen-bond donors (Lipinski definition) is 0. The Labute approximate surface area is 111 Å². The number of methoxy groups -OCH3 is 1. The van der Waals surface area contributed by atoms with Gasteiger partial charge in [0.1, 0.15) is 0 Å². The van der Waals surface area contributed by atoms with Crippen LogP contribution < -0.4 is 9.64 Å². The number of rotatable bonds is 4. The lowest BCUT2D eigenvalue weighted by molar-refractivity contribution is 0.0952. The molecule has 100 valence electrons. The lowest BCUT2D eigenvalue weighted by Crippen LogP contribution is -2.30. The van der Waals surface area contributed by atoms with Gasteiger partial charge in [-0.3, -0.25) is 4.79 Å². The number of nitrogens with zero attached hydrogens (tertiary/aromatic N) is 2. The summed E-state index contributed by atoms with van der Waals surface area (Å²) in [6.45, 7) is 4.44. The molecule has 2 aromatic rings. The topological polar surface area (TPSA) is 55.6 Å². The Hall–Kier alpha value is -2.30. The van der Waals surface area contributed by atoms with Gasteiger partial charge in [0, 0.05) is 12.2 Å². The van der Waals surface area contributed by atoms with Crippen molar-refractivity contribution in [2.24, 2.45) is 0 Å². The van der Waals surface area contributed by atoms with Crippen LogP contribution in [0.3, 0.4) is 0 Å². The van der Waals surface area contributed by atoms with E-state index in [4.69, 9.17) is 9.26 Å². The van der Waals surface area contributed by atoms with Crippen LogP contribution in [-0.2, 0) is 0 Å². The zero-order chi connectivity index (χ0) is 13.8. The molecule has 0 bridgehead atoms. The Morgan fingerprint density at radius 3 is 2.79 bits per heavy atom. The standard InChI is InChI=1S/C14H16N2O3/c1-4-16(11-7-5-6-10(2)8-11)14(17)12-9-13(18-3)15-19-12/h5-9H,4H2,1-3H3. The summed E-state index contributed by atoms with van der Waals surface area (Å²) in [5.74, 6) is 0.229.